The van der Waals surface area contributed by atoms with Crippen LogP contribution in [0, 0.1) is 6.92 Å². The van der Waals surface area contributed by atoms with Crippen LogP contribution in [0.25, 0.3) is 0 Å². The SMILES string of the molecule is Cc1ccccc1[C@](C)(CN)N1CCCCC1. The molecule has 0 radical (unpaired) electrons. The standard InChI is InChI=1S/C15H24N2/c1-13-8-4-5-9-14(13)15(2,12-16)17-10-6-3-7-11-17/h4-5,8-9H,3,6-7,10-12,16H2,1-2H3/t15-/m0/s1. The fourth-order valence-electron chi connectivity index (χ4n) is 2.97. The Bertz CT molecular complexity index is 369. The van der Waals surface area contributed by atoms with Gasteiger partial charge in [0.2, 0.25) is 0 Å². The van der Waals surface area contributed by atoms with Gasteiger partial charge in [0.15, 0.2) is 0 Å². The summed E-state index contributed by atoms with van der Waals surface area (Å²) in [6.07, 6.45) is 3.98. The fourth-order valence-corrected chi connectivity index (χ4v) is 2.97. The van der Waals surface area contributed by atoms with Gasteiger partial charge in [0.1, 0.15) is 0 Å². The highest BCUT2D eigenvalue weighted by Gasteiger charge is 2.33. The number of nitrogens with two attached hydrogens (primary N) is 1. The lowest BCUT2D eigenvalue weighted by atomic mass is 9.85. The predicted molar refractivity (Wildman–Crippen MR) is 73.0 cm³/mol. The average molecular weight is 232 g/mol. The summed E-state index contributed by atoms with van der Waals surface area (Å²) in [5.74, 6) is 0. The first-order valence-electron chi connectivity index (χ1n) is 6.70. The van der Waals surface area contributed by atoms with Crippen molar-refractivity contribution in [1.82, 2.24) is 4.90 Å². The first kappa shape index (κ1) is 12.6. The van der Waals surface area contributed by atoms with Crippen molar-refractivity contribution in [2.24, 2.45) is 5.73 Å². The predicted octanol–water partition coefficient (Wildman–Crippen LogP) is 2.65. The molecule has 0 amide bonds. The molecule has 1 aromatic carbocycles. The van der Waals surface area contributed by atoms with Gasteiger partial charge in [-0.15, -0.1) is 0 Å². The quantitative estimate of drug-likeness (QED) is 0.868. The monoisotopic (exact) mass is 232 g/mol. The van der Waals surface area contributed by atoms with Crippen molar-refractivity contribution >= 4 is 0 Å². The van der Waals surface area contributed by atoms with Crippen LogP contribution < -0.4 is 5.73 Å². The van der Waals surface area contributed by atoms with Gasteiger partial charge in [-0.2, -0.15) is 0 Å². The first-order chi connectivity index (χ1) is 8.18. The molecule has 1 atom stereocenters. The topological polar surface area (TPSA) is 29.3 Å². The van der Waals surface area contributed by atoms with Gasteiger partial charge in [-0.1, -0.05) is 30.7 Å². The number of piperidine rings is 1. The Labute approximate surface area is 105 Å². The first-order valence-corrected chi connectivity index (χ1v) is 6.70. The molecule has 0 spiro atoms. The van der Waals surface area contributed by atoms with Crippen molar-refractivity contribution in [3.8, 4) is 0 Å². The molecule has 1 aliphatic heterocycles. The van der Waals surface area contributed by atoms with E-state index in [4.69, 9.17) is 5.73 Å². The molecule has 17 heavy (non-hydrogen) atoms. The third kappa shape index (κ3) is 2.38. The van der Waals surface area contributed by atoms with Gasteiger partial charge in [-0.25, -0.2) is 0 Å². The third-order valence-electron chi connectivity index (χ3n) is 4.18. The summed E-state index contributed by atoms with van der Waals surface area (Å²) in [7, 11) is 0. The number of hydrogen-bond acceptors (Lipinski definition) is 2. The van der Waals surface area contributed by atoms with Crippen molar-refractivity contribution in [2.45, 2.75) is 38.6 Å². The highest BCUT2D eigenvalue weighted by molar-refractivity contribution is 5.32. The molecule has 2 rings (SSSR count). The van der Waals surface area contributed by atoms with E-state index in [2.05, 4.69) is 43.0 Å². The second kappa shape index (κ2) is 5.19. The number of likely N-dealkylation sites (tertiary alicyclic amines) is 1. The summed E-state index contributed by atoms with van der Waals surface area (Å²) in [5.41, 5.74) is 8.85. The van der Waals surface area contributed by atoms with Gasteiger partial charge >= 0.3 is 0 Å². The minimum Gasteiger partial charge on any atom is -0.328 e. The number of rotatable bonds is 3. The second-order valence-corrected chi connectivity index (χ2v) is 5.34. The van der Waals surface area contributed by atoms with Crippen molar-refractivity contribution in [3.63, 3.8) is 0 Å². The summed E-state index contributed by atoms with van der Waals surface area (Å²) >= 11 is 0. The van der Waals surface area contributed by atoms with Crippen LogP contribution in [0.1, 0.15) is 37.3 Å². The Balaban J connectivity index is 2.32. The molecule has 1 saturated heterocycles. The highest BCUT2D eigenvalue weighted by Crippen LogP contribution is 2.31. The molecular weight excluding hydrogens is 208 g/mol. The fraction of sp³-hybridized carbons (Fsp3) is 0.600. The lowest BCUT2D eigenvalue weighted by molar-refractivity contribution is 0.0850. The summed E-state index contributed by atoms with van der Waals surface area (Å²) < 4.78 is 0. The molecule has 94 valence electrons. The van der Waals surface area contributed by atoms with Crippen LogP contribution in [0.15, 0.2) is 24.3 Å². The van der Waals surface area contributed by atoms with Crippen LogP contribution in [-0.4, -0.2) is 24.5 Å². The van der Waals surface area contributed by atoms with Gasteiger partial charge in [-0.3, -0.25) is 4.90 Å². The molecule has 2 heteroatoms. The van der Waals surface area contributed by atoms with E-state index in [0.717, 1.165) is 0 Å². The summed E-state index contributed by atoms with van der Waals surface area (Å²) in [6.45, 7) is 7.54. The Kier molecular flexibility index (Phi) is 3.85. The molecule has 1 aliphatic rings. The van der Waals surface area contributed by atoms with Crippen molar-refractivity contribution in [2.75, 3.05) is 19.6 Å². The van der Waals surface area contributed by atoms with Crippen LogP contribution in [0.4, 0.5) is 0 Å². The zero-order chi connectivity index (χ0) is 12.3. The lowest BCUT2D eigenvalue weighted by Crippen LogP contribution is -2.51. The molecule has 0 aliphatic carbocycles. The molecule has 1 heterocycles. The van der Waals surface area contributed by atoms with E-state index in [1.54, 1.807) is 0 Å². The van der Waals surface area contributed by atoms with E-state index >= 15 is 0 Å². The Morgan fingerprint density at radius 3 is 2.41 bits per heavy atom. The molecule has 2 nitrogen and oxygen atoms in total. The Morgan fingerprint density at radius 1 is 1.18 bits per heavy atom. The van der Waals surface area contributed by atoms with Gasteiger partial charge in [0.25, 0.3) is 0 Å². The minimum absolute atomic E-state index is 0.00572. The maximum atomic E-state index is 6.10. The maximum absolute atomic E-state index is 6.10. The number of aryl methyl sites for hydroxylation is 1. The van der Waals surface area contributed by atoms with Crippen LogP contribution in [0.5, 0.6) is 0 Å². The average Bonchev–Trinajstić information content (AvgIpc) is 2.39. The zero-order valence-corrected chi connectivity index (χ0v) is 11.1. The van der Waals surface area contributed by atoms with Crippen LogP contribution in [0.2, 0.25) is 0 Å². The second-order valence-electron chi connectivity index (χ2n) is 5.34. The number of hydrogen-bond donors (Lipinski definition) is 1. The van der Waals surface area contributed by atoms with E-state index in [-0.39, 0.29) is 5.54 Å². The van der Waals surface area contributed by atoms with Crippen LogP contribution >= 0.6 is 0 Å². The normalized spacial score (nSPS) is 21.1. The zero-order valence-electron chi connectivity index (χ0n) is 11.1. The summed E-state index contributed by atoms with van der Waals surface area (Å²) in [6, 6.07) is 8.65. The maximum Gasteiger partial charge on any atom is 0.0557 e. The number of benzene rings is 1. The summed E-state index contributed by atoms with van der Waals surface area (Å²) in [4.78, 5) is 2.57. The minimum atomic E-state index is 0.00572. The number of nitrogens with zero attached hydrogens (tertiary/aromatic N) is 1. The third-order valence-corrected chi connectivity index (χ3v) is 4.18. The van der Waals surface area contributed by atoms with Gasteiger partial charge in [0, 0.05) is 6.54 Å². The van der Waals surface area contributed by atoms with E-state index < -0.39 is 0 Å². The van der Waals surface area contributed by atoms with Crippen LogP contribution in [0.3, 0.4) is 0 Å². The van der Waals surface area contributed by atoms with Gasteiger partial charge in [0.05, 0.1) is 5.54 Å². The smallest absolute Gasteiger partial charge is 0.0557 e. The van der Waals surface area contributed by atoms with E-state index in [1.165, 1.54) is 43.5 Å². The Hall–Kier alpha value is -0.860. The molecule has 2 N–H and O–H groups in total. The molecule has 1 aromatic rings. The van der Waals surface area contributed by atoms with E-state index in [1.807, 2.05) is 0 Å². The molecular formula is C15H24N2. The van der Waals surface area contributed by atoms with Crippen molar-refractivity contribution in [1.29, 1.82) is 0 Å². The van der Waals surface area contributed by atoms with Crippen LogP contribution in [-0.2, 0) is 5.54 Å². The lowest BCUT2D eigenvalue weighted by Gasteiger charge is -2.44. The van der Waals surface area contributed by atoms with Crippen molar-refractivity contribution in [3.05, 3.63) is 35.4 Å². The molecule has 0 saturated carbocycles. The molecule has 0 bridgehead atoms. The molecule has 1 fully saturated rings. The highest BCUT2D eigenvalue weighted by atomic mass is 15.2. The Morgan fingerprint density at radius 2 is 1.82 bits per heavy atom. The van der Waals surface area contributed by atoms with E-state index in [9.17, 15) is 0 Å². The van der Waals surface area contributed by atoms with Gasteiger partial charge in [-0.05, 0) is 50.9 Å². The molecule has 0 aromatic heterocycles. The van der Waals surface area contributed by atoms with E-state index in [0.29, 0.717) is 6.54 Å². The van der Waals surface area contributed by atoms with Gasteiger partial charge < -0.3 is 5.73 Å². The van der Waals surface area contributed by atoms with Crippen molar-refractivity contribution < 1.29 is 0 Å². The summed E-state index contributed by atoms with van der Waals surface area (Å²) in [5, 5.41) is 0. The molecule has 0 unspecified atom stereocenters. The largest absolute Gasteiger partial charge is 0.328 e.